The van der Waals surface area contributed by atoms with Crippen molar-refractivity contribution in [3.05, 3.63) is 46.4 Å². The van der Waals surface area contributed by atoms with Gasteiger partial charge in [-0.05, 0) is 45.8 Å². The fourth-order valence-electron chi connectivity index (χ4n) is 2.45. The Kier molecular flexibility index (Phi) is 4.06. The van der Waals surface area contributed by atoms with Crippen molar-refractivity contribution in [2.75, 3.05) is 6.79 Å². The summed E-state index contributed by atoms with van der Waals surface area (Å²) in [4.78, 5) is 12.0. The van der Waals surface area contributed by atoms with Gasteiger partial charge in [0.1, 0.15) is 12.1 Å². The Hall–Kier alpha value is -2.94. The number of carbonyl (C=O) groups is 1. The Morgan fingerprint density at radius 1 is 1.36 bits per heavy atom. The summed E-state index contributed by atoms with van der Waals surface area (Å²) in [5.74, 6) is 1.00. The van der Waals surface area contributed by atoms with Gasteiger partial charge in [0.2, 0.25) is 6.79 Å². The van der Waals surface area contributed by atoms with Crippen LogP contribution in [0.25, 0.3) is 11.0 Å². The lowest BCUT2D eigenvalue weighted by Crippen LogP contribution is -2.23. The molecule has 4 rings (SSSR count). The van der Waals surface area contributed by atoms with Crippen LogP contribution in [0.2, 0.25) is 0 Å². The number of para-hydroxylation sites is 1. The van der Waals surface area contributed by atoms with E-state index in [0.29, 0.717) is 11.5 Å². The molecule has 1 aliphatic heterocycles. The second kappa shape index (κ2) is 6.52. The van der Waals surface area contributed by atoms with Crippen molar-refractivity contribution in [3.8, 4) is 11.5 Å². The predicted octanol–water partition coefficient (Wildman–Crippen LogP) is 2.07. The molecule has 0 radical (unpaired) electrons. The Labute approximate surface area is 150 Å². The summed E-state index contributed by atoms with van der Waals surface area (Å²) < 4.78 is 13.0. The minimum absolute atomic E-state index is 0.0304. The van der Waals surface area contributed by atoms with Crippen LogP contribution >= 0.6 is 15.9 Å². The standard InChI is InChI=1S/C16H12BrN5O3/c17-11-5-10(6-14-16(11)25-9-24-14)7-18-20-15(23)8-22-13-4-2-1-3-12(13)19-21-22/h1-7H,8-9H2,(H,20,23)/b18-7-. The number of ether oxygens (including phenoxy) is 2. The maximum absolute atomic E-state index is 12.0. The summed E-state index contributed by atoms with van der Waals surface area (Å²) >= 11 is 3.41. The predicted molar refractivity (Wildman–Crippen MR) is 93.5 cm³/mol. The van der Waals surface area contributed by atoms with Crippen LogP contribution in [0.5, 0.6) is 11.5 Å². The van der Waals surface area contributed by atoms with Crippen LogP contribution in [0, 0.1) is 0 Å². The van der Waals surface area contributed by atoms with E-state index >= 15 is 0 Å². The van der Waals surface area contributed by atoms with Crippen molar-refractivity contribution < 1.29 is 14.3 Å². The van der Waals surface area contributed by atoms with Gasteiger partial charge in [0.05, 0.1) is 16.2 Å². The number of fused-ring (bicyclic) bond motifs is 2. The van der Waals surface area contributed by atoms with E-state index in [-0.39, 0.29) is 19.2 Å². The van der Waals surface area contributed by atoms with Gasteiger partial charge in [-0.15, -0.1) is 5.10 Å². The summed E-state index contributed by atoms with van der Waals surface area (Å²) in [6.07, 6.45) is 1.53. The van der Waals surface area contributed by atoms with Gasteiger partial charge in [0.25, 0.3) is 5.91 Å². The molecular weight excluding hydrogens is 390 g/mol. The summed E-state index contributed by atoms with van der Waals surface area (Å²) in [5.41, 5.74) is 4.77. The first-order valence-electron chi connectivity index (χ1n) is 7.40. The van der Waals surface area contributed by atoms with E-state index in [0.717, 1.165) is 21.1 Å². The Bertz CT molecular complexity index is 985. The average molecular weight is 402 g/mol. The van der Waals surface area contributed by atoms with E-state index in [1.54, 1.807) is 6.07 Å². The third-order valence-electron chi connectivity index (χ3n) is 3.57. The van der Waals surface area contributed by atoms with E-state index in [2.05, 4.69) is 36.8 Å². The van der Waals surface area contributed by atoms with E-state index in [9.17, 15) is 4.79 Å². The normalized spacial score (nSPS) is 12.8. The summed E-state index contributed by atoms with van der Waals surface area (Å²) in [6.45, 7) is 0.222. The van der Waals surface area contributed by atoms with E-state index in [4.69, 9.17) is 9.47 Å². The maximum Gasteiger partial charge on any atom is 0.261 e. The first-order valence-corrected chi connectivity index (χ1v) is 8.19. The fourth-order valence-corrected chi connectivity index (χ4v) is 3.02. The molecule has 2 heterocycles. The van der Waals surface area contributed by atoms with E-state index in [1.165, 1.54) is 10.9 Å². The molecule has 9 heteroatoms. The van der Waals surface area contributed by atoms with Crippen LogP contribution in [-0.4, -0.2) is 33.9 Å². The second-order valence-electron chi connectivity index (χ2n) is 5.27. The molecule has 0 bridgehead atoms. The summed E-state index contributed by atoms with van der Waals surface area (Å²) in [6, 6.07) is 11.1. The zero-order chi connectivity index (χ0) is 17.2. The van der Waals surface area contributed by atoms with Gasteiger partial charge < -0.3 is 9.47 Å². The number of nitrogens with one attached hydrogen (secondary N) is 1. The van der Waals surface area contributed by atoms with E-state index < -0.39 is 0 Å². The highest BCUT2D eigenvalue weighted by atomic mass is 79.9. The molecule has 1 N–H and O–H groups in total. The highest BCUT2D eigenvalue weighted by molar-refractivity contribution is 9.10. The number of benzene rings is 2. The quantitative estimate of drug-likeness (QED) is 0.533. The van der Waals surface area contributed by atoms with Gasteiger partial charge in [-0.1, -0.05) is 17.3 Å². The lowest BCUT2D eigenvalue weighted by molar-refractivity contribution is -0.121. The Morgan fingerprint density at radius 3 is 3.16 bits per heavy atom. The smallest absolute Gasteiger partial charge is 0.261 e. The highest BCUT2D eigenvalue weighted by Crippen LogP contribution is 2.39. The number of hydrogen-bond acceptors (Lipinski definition) is 6. The van der Waals surface area contributed by atoms with Crippen LogP contribution in [-0.2, 0) is 11.3 Å². The van der Waals surface area contributed by atoms with Crippen molar-refractivity contribution in [2.24, 2.45) is 5.10 Å². The van der Waals surface area contributed by atoms with Crippen molar-refractivity contribution in [2.45, 2.75) is 6.54 Å². The molecule has 0 spiro atoms. The van der Waals surface area contributed by atoms with Gasteiger partial charge in [-0.2, -0.15) is 5.10 Å². The minimum Gasteiger partial charge on any atom is -0.454 e. The van der Waals surface area contributed by atoms with Crippen molar-refractivity contribution in [1.29, 1.82) is 0 Å². The molecule has 2 aromatic carbocycles. The Morgan fingerprint density at radius 2 is 2.24 bits per heavy atom. The molecule has 126 valence electrons. The molecule has 0 fully saturated rings. The molecule has 1 aromatic heterocycles. The van der Waals surface area contributed by atoms with Gasteiger partial charge >= 0.3 is 0 Å². The average Bonchev–Trinajstić information content (AvgIpc) is 3.23. The summed E-state index contributed by atoms with van der Waals surface area (Å²) in [7, 11) is 0. The number of halogens is 1. The van der Waals surface area contributed by atoms with Crippen LogP contribution in [0.15, 0.2) is 46.0 Å². The molecular formula is C16H12BrN5O3. The molecule has 3 aromatic rings. The van der Waals surface area contributed by atoms with Gasteiger partial charge in [-0.25, -0.2) is 10.1 Å². The third kappa shape index (κ3) is 3.18. The van der Waals surface area contributed by atoms with E-state index in [1.807, 2.05) is 30.3 Å². The number of carbonyl (C=O) groups excluding carboxylic acids is 1. The first kappa shape index (κ1) is 15.6. The first-order chi connectivity index (χ1) is 12.2. The Balaban J connectivity index is 1.42. The zero-order valence-corrected chi connectivity index (χ0v) is 14.4. The number of amides is 1. The van der Waals surface area contributed by atoms with Crippen molar-refractivity contribution in [3.63, 3.8) is 0 Å². The number of nitrogens with zero attached hydrogens (tertiary/aromatic N) is 4. The molecule has 1 aliphatic rings. The zero-order valence-electron chi connectivity index (χ0n) is 12.8. The van der Waals surface area contributed by atoms with Gasteiger partial charge in [0.15, 0.2) is 11.5 Å². The van der Waals surface area contributed by atoms with Gasteiger partial charge in [-0.3, -0.25) is 4.79 Å². The molecule has 0 saturated carbocycles. The maximum atomic E-state index is 12.0. The lowest BCUT2D eigenvalue weighted by Gasteiger charge is -2.02. The van der Waals surface area contributed by atoms with Gasteiger partial charge in [0, 0.05) is 0 Å². The number of hydrazone groups is 1. The minimum atomic E-state index is -0.299. The molecule has 0 aliphatic carbocycles. The van der Waals surface area contributed by atoms with Crippen LogP contribution in [0.4, 0.5) is 0 Å². The topological polar surface area (TPSA) is 90.6 Å². The number of hydrogen-bond donors (Lipinski definition) is 1. The summed E-state index contributed by atoms with van der Waals surface area (Å²) in [5, 5.41) is 11.9. The van der Waals surface area contributed by atoms with Crippen LogP contribution in [0.3, 0.4) is 0 Å². The molecule has 0 saturated heterocycles. The van der Waals surface area contributed by atoms with Crippen molar-refractivity contribution in [1.82, 2.24) is 20.4 Å². The molecule has 0 unspecified atom stereocenters. The number of aromatic nitrogens is 3. The number of rotatable bonds is 4. The molecule has 1 amide bonds. The monoisotopic (exact) mass is 401 g/mol. The lowest BCUT2D eigenvalue weighted by atomic mass is 10.2. The van der Waals surface area contributed by atoms with Crippen molar-refractivity contribution >= 4 is 39.1 Å². The SMILES string of the molecule is O=C(Cn1nnc2ccccc21)N/N=C\c1cc(Br)c2c(c1)OCO2. The highest BCUT2D eigenvalue weighted by Gasteiger charge is 2.17. The second-order valence-corrected chi connectivity index (χ2v) is 6.12. The van der Waals surface area contributed by atoms with Crippen LogP contribution in [0.1, 0.15) is 5.56 Å². The van der Waals surface area contributed by atoms with Crippen LogP contribution < -0.4 is 14.9 Å². The molecule has 8 nitrogen and oxygen atoms in total. The fraction of sp³-hybridized carbons (Fsp3) is 0.125. The molecule has 25 heavy (non-hydrogen) atoms. The third-order valence-corrected chi connectivity index (χ3v) is 4.16. The molecule has 0 atom stereocenters. The largest absolute Gasteiger partial charge is 0.454 e.